The monoisotopic (exact) mass is 526 g/mol. The number of piperidine rings is 2. The van der Waals surface area contributed by atoms with Crippen LogP contribution in [0.3, 0.4) is 0 Å². The van der Waals surface area contributed by atoms with Crippen LogP contribution in [0.4, 0.5) is 9.18 Å². The molecule has 1 aromatic carbocycles. The van der Waals surface area contributed by atoms with Crippen molar-refractivity contribution in [3.8, 4) is 34.2 Å². The van der Waals surface area contributed by atoms with Gasteiger partial charge in [-0.15, -0.1) is 10.2 Å². The SMILES string of the molecule is Cn1cc(-c2ccc(-c3ccc(O[C@H]4C[C@@H]5CCC[C@H]([C@H]4F)N5C(=O)OC(C)(C)C)nn3)c(O)c2)oc1=O. The second-order valence-electron chi connectivity index (χ2n) is 10.8. The van der Waals surface area contributed by atoms with Gasteiger partial charge in [-0.25, -0.2) is 14.0 Å². The van der Waals surface area contributed by atoms with Crippen molar-refractivity contribution in [2.45, 2.75) is 76.4 Å². The van der Waals surface area contributed by atoms with E-state index in [1.54, 1.807) is 57.0 Å². The third-order valence-corrected chi connectivity index (χ3v) is 6.89. The number of phenolic OH excluding ortho intramolecular Hbond substituents is 1. The number of carbonyl (C=O) groups excluding carboxylic acids is 1. The molecule has 0 spiro atoms. The predicted molar refractivity (Wildman–Crippen MR) is 136 cm³/mol. The Morgan fingerprint density at radius 1 is 1.18 bits per heavy atom. The fourth-order valence-electron chi connectivity index (χ4n) is 5.15. The van der Waals surface area contributed by atoms with Crippen LogP contribution in [0.1, 0.15) is 46.5 Å². The van der Waals surface area contributed by atoms with Crippen molar-refractivity contribution in [2.24, 2.45) is 7.05 Å². The number of hydrogen-bond donors (Lipinski definition) is 1. The maximum absolute atomic E-state index is 15.6. The Kier molecular flexibility index (Phi) is 6.62. The summed E-state index contributed by atoms with van der Waals surface area (Å²) in [4.78, 5) is 25.9. The molecule has 0 aliphatic carbocycles. The van der Waals surface area contributed by atoms with Crippen LogP contribution >= 0.6 is 0 Å². The number of carbonyl (C=O) groups is 1. The summed E-state index contributed by atoms with van der Waals surface area (Å²) in [5.74, 6) is -0.0763. The summed E-state index contributed by atoms with van der Waals surface area (Å²) < 4.78 is 33.5. The number of aromatic nitrogens is 3. The maximum Gasteiger partial charge on any atom is 0.419 e. The van der Waals surface area contributed by atoms with Gasteiger partial charge < -0.3 is 19.0 Å². The molecule has 0 radical (unpaired) electrons. The van der Waals surface area contributed by atoms with Crippen molar-refractivity contribution in [3.63, 3.8) is 0 Å². The minimum Gasteiger partial charge on any atom is -0.507 e. The summed E-state index contributed by atoms with van der Waals surface area (Å²) in [6.45, 7) is 5.38. The maximum atomic E-state index is 15.6. The number of oxazole rings is 1. The molecular weight excluding hydrogens is 495 g/mol. The number of alkyl halides is 1. The van der Waals surface area contributed by atoms with Crippen molar-refractivity contribution in [2.75, 3.05) is 0 Å². The highest BCUT2D eigenvalue weighted by atomic mass is 19.1. The average molecular weight is 527 g/mol. The number of aryl methyl sites for hydroxylation is 1. The fraction of sp³-hybridized carbons (Fsp3) is 0.481. The van der Waals surface area contributed by atoms with Crippen LogP contribution in [-0.2, 0) is 11.8 Å². The Labute approximate surface area is 219 Å². The normalized spacial score (nSPS) is 23.2. The van der Waals surface area contributed by atoms with Gasteiger partial charge in [-0.3, -0.25) is 9.47 Å². The first-order chi connectivity index (χ1) is 18.0. The van der Waals surface area contributed by atoms with E-state index in [9.17, 15) is 14.7 Å². The van der Waals surface area contributed by atoms with Crippen molar-refractivity contribution in [3.05, 3.63) is 47.1 Å². The van der Waals surface area contributed by atoms with E-state index in [-0.39, 0.29) is 17.7 Å². The molecule has 4 heterocycles. The van der Waals surface area contributed by atoms with Crippen LogP contribution in [0.2, 0.25) is 0 Å². The topological polar surface area (TPSA) is 120 Å². The predicted octanol–water partition coefficient (Wildman–Crippen LogP) is 4.46. The largest absolute Gasteiger partial charge is 0.507 e. The first-order valence-electron chi connectivity index (χ1n) is 12.7. The quantitative estimate of drug-likeness (QED) is 0.529. The van der Waals surface area contributed by atoms with Gasteiger partial charge in [-0.1, -0.05) is 6.07 Å². The molecule has 2 saturated heterocycles. The summed E-state index contributed by atoms with van der Waals surface area (Å²) in [5, 5.41) is 18.8. The van der Waals surface area contributed by atoms with E-state index in [4.69, 9.17) is 13.9 Å². The molecule has 2 bridgehead atoms. The van der Waals surface area contributed by atoms with E-state index in [1.807, 2.05) is 0 Å². The lowest BCUT2D eigenvalue weighted by atomic mass is 9.82. The summed E-state index contributed by atoms with van der Waals surface area (Å²) in [5.41, 5.74) is 0.696. The molecule has 2 fully saturated rings. The molecule has 1 amide bonds. The van der Waals surface area contributed by atoms with Gasteiger partial charge in [-0.05, 0) is 58.2 Å². The van der Waals surface area contributed by atoms with Crippen LogP contribution in [0.5, 0.6) is 11.6 Å². The Bertz CT molecular complexity index is 1380. The van der Waals surface area contributed by atoms with Crippen LogP contribution in [0.15, 0.2) is 45.7 Å². The summed E-state index contributed by atoms with van der Waals surface area (Å²) in [6.07, 6.45) is 1.36. The van der Waals surface area contributed by atoms with E-state index in [0.29, 0.717) is 35.4 Å². The molecule has 3 aromatic rings. The number of nitrogens with zero attached hydrogens (tertiary/aromatic N) is 4. The number of phenols is 1. The van der Waals surface area contributed by atoms with Crippen molar-refractivity contribution in [1.82, 2.24) is 19.7 Å². The number of hydrogen-bond acceptors (Lipinski definition) is 8. The second-order valence-corrected chi connectivity index (χ2v) is 10.8. The molecule has 0 saturated carbocycles. The Balaban J connectivity index is 1.28. The van der Waals surface area contributed by atoms with Gasteiger partial charge in [0.15, 0.2) is 11.9 Å². The van der Waals surface area contributed by atoms with E-state index in [0.717, 1.165) is 12.8 Å². The van der Waals surface area contributed by atoms with Gasteiger partial charge in [0.2, 0.25) is 5.88 Å². The number of amides is 1. The average Bonchev–Trinajstić information content (AvgIpc) is 3.19. The number of benzene rings is 1. The van der Waals surface area contributed by atoms with Crippen LogP contribution in [-0.4, -0.2) is 60.8 Å². The summed E-state index contributed by atoms with van der Waals surface area (Å²) in [6, 6.07) is 7.25. The lowest BCUT2D eigenvalue weighted by Crippen LogP contribution is -2.63. The molecular formula is C27H31FN4O6. The number of fused-ring (bicyclic) bond motifs is 2. The minimum absolute atomic E-state index is 0.0665. The van der Waals surface area contributed by atoms with E-state index in [1.165, 1.54) is 16.8 Å². The van der Waals surface area contributed by atoms with Gasteiger partial charge in [0.1, 0.15) is 17.5 Å². The molecule has 10 nitrogen and oxygen atoms in total. The molecule has 11 heteroatoms. The van der Waals surface area contributed by atoms with Gasteiger partial charge >= 0.3 is 11.8 Å². The summed E-state index contributed by atoms with van der Waals surface area (Å²) in [7, 11) is 1.57. The van der Waals surface area contributed by atoms with Crippen molar-refractivity contribution >= 4 is 6.09 Å². The third-order valence-electron chi connectivity index (χ3n) is 6.89. The van der Waals surface area contributed by atoms with Gasteiger partial charge in [0.25, 0.3) is 0 Å². The first-order valence-corrected chi connectivity index (χ1v) is 12.7. The molecule has 5 rings (SSSR count). The number of ether oxygens (including phenoxy) is 2. The Hall–Kier alpha value is -3.89. The lowest BCUT2D eigenvalue weighted by Gasteiger charge is -2.49. The zero-order chi connectivity index (χ0) is 27.2. The third kappa shape index (κ3) is 5.09. The minimum atomic E-state index is -1.39. The number of aromatic hydroxyl groups is 1. The molecule has 1 N–H and O–H groups in total. The van der Waals surface area contributed by atoms with E-state index < -0.39 is 35.8 Å². The zero-order valence-corrected chi connectivity index (χ0v) is 21.8. The standard InChI is InChI=1S/C27H31FN4O6/c1-27(2,3)38-26(35)32-16-6-5-7-19(32)24(28)21(13-16)36-23-11-10-18(29-30-23)17-9-8-15(12-20(17)33)22-14-31(4)25(34)37-22/h8-12,14,16,19,21,24,33H,5-7,13H2,1-4H3/t16-,19+,21-,24+/m0/s1. The summed E-state index contributed by atoms with van der Waals surface area (Å²) >= 11 is 0. The number of halogens is 1. The lowest BCUT2D eigenvalue weighted by molar-refractivity contribution is -0.0802. The molecule has 2 aliphatic heterocycles. The molecule has 38 heavy (non-hydrogen) atoms. The highest BCUT2D eigenvalue weighted by molar-refractivity contribution is 5.72. The molecule has 2 aliphatic rings. The second kappa shape index (κ2) is 9.77. The van der Waals surface area contributed by atoms with Crippen molar-refractivity contribution in [1.29, 1.82) is 0 Å². The zero-order valence-electron chi connectivity index (χ0n) is 21.8. The molecule has 202 valence electrons. The number of rotatable bonds is 4. The molecule has 0 unspecified atom stereocenters. The highest BCUT2D eigenvalue weighted by Crippen LogP contribution is 2.38. The molecule has 4 atom stereocenters. The smallest absolute Gasteiger partial charge is 0.419 e. The van der Waals surface area contributed by atoms with Crippen LogP contribution < -0.4 is 10.5 Å². The fourth-order valence-corrected chi connectivity index (χ4v) is 5.15. The van der Waals surface area contributed by atoms with E-state index in [2.05, 4.69) is 10.2 Å². The first kappa shape index (κ1) is 25.7. The van der Waals surface area contributed by atoms with Crippen LogP contribution in [0, 0.1) is 0 Å². The van der Waals surface area contributed by atoms with Crippen molar-refractivity contribution < 1.29 is 28.2 Å². The molecule has 2 aromatic heterocycles. The van der Waals surface area contributed by atoms with Gasteiger partial charge in [0, 0.05) is 36.7 Å². The van der Waals surface area contributed by atoms with E-state index >= 15 is 4.39 Å². The highest BCUT2D eigenvalue weighted by Gasteiger charge is 2.49. The van der Waals surface area contributed by atoms with Gasteiger partial charge in [0.05, 0.1) is 17.9 Å². The Morgan fingerprint density at radius 3 is 2.61 bits per heavy atom. The van der Waals surface area contributed by atoms with Gasteiger partial charge in [-0.2, -0.15) is 0 Å². The Morgan fingerprint density at radius 2 is 1.97 bits per heavy atom. The van der Waals surface area contributed by atoms with Crippen LogP contribution in [0.25, 0.3) is 22.6 Å².